The van der Waals surface area contributed by atoms with Gasteiger partial charge in [-0.2, -0.15) is 0 Å². The molecule has 2 aromatic rings. The Bertz CT molecular complexity index is 682. The Morgan fingerprint density at radius 2 is 2.05 bits per heavy atom. The highest BCUT2D eigenvalue weighted by atomic mass is 16.2. The maximum atomic E-state index is 12.0. The number of aliphatic hydroxyl groups is 1. The zero-order valence-electron chi connectivity index (χ0n) is 11.8. The van der Waals surface area contributed by atoms with Gasteiger partial charge in [0.25, 0.3) is 5.91 Å². The van der Waals surface area contributed by atoms with Gasteiger partial charge in [0.1, 0.15) is 6.61 Å². The Balaban J connectivity index is 1.95. The minimum atomic E-state index is -0.150. The highest BCUT2D eigenvalue weighted by Crippen LogP contribution is 2.05. The fourth-order valence-corrected chi connectivity index (χ4v) is 1.81. The second-order valence-electron chi connectivity index (χ2n) is 4.59. The molecule has 0 saturated heterocycles. The van der Waals surface area contributed by atoms with Crippen molar-refractivity contribution < 1.29 is 9.90 Å². The summed E-state index contributed by atoms with van der Waals surface area (Å²) in [5.74, 6) is 5.27. The topological polar surface area (TPSA) is 62.2 Å². The first kappa shape index (κ1) is 14.8. The van der Waals surface area contributed by atoms with Gasteiger partial charge < -0.3 is 10.4 Å². The molecule has 4 heteroatoms. The highest BCUT2D eigenvalue weighted by Gasteiger charge is 2.05. The molecular formula is C17H16N2O2. The number of aryl methyl sites for hydroxylation is 1. The van der Waals surface area contributed by atoms with Crippen LogP contribution in [0.5, 0.6) is 0 Å². The molecule has 0 aliphatic heterocycles. The molecule has 1 aromatic heterocycles. The average Bonchev–Trinajstić information content (AvgIpc) is 2.51. The number of amides is 1. The number of hydrogen-bond donors (Lipinski definition) is 2. The van der Waals surface area contributed by atoms with Crippen molar-refractivity contribution in [2.45, 2.75) is 13.5 Å². The molecule has 1 amide bonds. The third-order valence-corrected chi connectivity index (χ3v) is 2.86. The summed E-state index contributed by atoms with van der Waals surface area (Å²) in [6.07, 6.45) is 3.26. The molecule has 0 bridgehead atoms. The summed E-state index contributed by atoms with van der Waals surface area (Å²) < 4.78 is 0. The van der Waals surface area contributed by atoms with E-state index in [0.29, 0.717) is 12.1 Å². The first-order valence-corrected chi connectivity index (χ1v) is 6.57. The molecule has 0 radical (unpaired) electrons. The molecule has 0 atom stereocenters. The largest absolute Gasteiger partial charge is 0.384 e. The van der Waals surface area contributed by atoms with Crippen LogP contribution in [0.1, 0.15) is 27.0 Å². The molecule has 1 aromatic carbocycles. The summed E-state index contributed by atoms with van der Waals surface area (Å²) >= 11 is 0. The lowest BCUT2D eigenvalue weighted by atomic mass is 10.1. The van der Waals surface area contributed by atoms with Gasteiger partial charge in [0.05, 0.1) is 5.56 Å². The van der Waals surface area contributed by atoms with E-state index in [2.05, 4.69) is 22.1 Å². The number of nitrogens with zero attached hydrogens (tertiary/aromatic N) is 1. The number of aliphatic hydroxyl groups excluding tert-OH is 1. The number of nitrogens with one attached hydrogen (secondary N) is 1. The first-order valence-electron chi connectivity index (χ1n) is 6.57. The number of aromatic nitrogens is 1. The van der Waals surface area contributed by atoms with Crippen LogP contribution in [0.4, 0.5) is 0 Å². The summed E-state index contributed by atoms with van der Waals surface area (Å²) in [7, 11) is 0. The summed E-state index contributed by atoms with van der Waals surface area (Å²) in [6, 6.07) is 9.32. The minimum absolute atomic E-state index is 0.143. The third-order valence-electron chi connectivity index (χ3n) is 2.86. The number of carbonyl (C=O) groups is 1. The van der Waals surface area contributed by atoms with Gasteiger partial charge in [-0.05, 0) is 36.2 Å². The Kier molecular flexibility index (Phi) is 5.08. The van der Waals surface area contributed by atoms with Gasteiger partial charge in [-0.3, -0.25) is 9.78 Å². The zero-order chi connectivity index (χ0) is 15.1. The molecule has 2 N–H and O–H groups in total. The second-order valence-corrected chi connectivity index (χ2v) is 4.59. The monoisotopic (exact) mass is 280 g/mol. The van der Waals surface area contributed by atoms with E-state index in [1.54, 1.807) is 18.5 Å². The van der Waals surface area contributed by atoms with Crippen LogP contribution >= 0.6 is 0 Å². The Hall–Kier alpha value is -2.64. The Morgan fingerprint density at radius 1 is 1.29 bits per heavy atom. The van der Waals surface area contributed by atoms with E-state index in [1.165, 1.54) is 0 Å². The van der Waals surface area contributed by atoms with Gasteiger partial charge in [-0.25, -0.2) is 0 Å². The molecule has 0 spiro atoms. The van der Waals surface area contributed by atoms with Crippen LogP contribution in [0.15, 0.2) is 42.7 Å². The van der Waals surface area contributed by atoms with Crippen molar-refractivity contribution in [2.24, 2.45) is 0 Å². The van der Waals surface area contributed by atoms with Gasteiger partial charge in [0.2, 0.25) is 0 Å². The summed E-state index contributed by atoms with van der Waals surface area (Å²) in [6.45, 7) is 2.19. The van der Waals surface area contributed by atoms with E-state index in [0.717, 1.165) is 16.7 Å². The lowest BCUT2D eigenvalue weighted by Gasteiger charge is -2.06. The van der Waals surface area contributed by atoms with Crippen molar-refractivity contribution in [2.75, 3.05) is 6.61 Å². The van der Waals surface area contributed by atoms with Crippen LogP contribution in [0.25, 0.3) is 0 Å². The van der Waals surface area contributed by atoms with E-state index < -0.39 is 0 Å². The van der Waals surface area contributed by atoms with Crippen LogP contribution in [0, 0.1) is 18.8 Å². The molecule has 21 heavy (non-hydrogen) atoms. The highest BCUT2D eigenvalue weighted by molar-refractivity contribution is 5.93. The molecule has 0 aliphatic rings. The third kappa shape index (κ3) is 4.44. The Morgan fingerprint density at radius 3 is 2.71 bits per heavy atom. The summed E-state index contributed by atoms with van der Waals surface area (Å²) in [4.78, 5) is 16.0. The average molecular weight is 280 g/mol. The number of rotatable bonds is 3. The van der Waals surface area contributed by atoms with Crippen LogP contribution in [0.2, 0.25) is 0 Å². The first-order chi connectivity index (χ1) is 10.2. The van der Waals surface area contributed by atoms with E-state index in [9.17, 15) is 4.79 Å². The van der Waals surface area contributed by atoms with Gasteiger partial charge in [-0.15, -0.1) is 0 Å². The van der Waals surface area contributed by atoms with Gasteiger partial charge in [0, 0.05) is 24.5 Å². The molecule has 106 valence electrons. The van der Waals surface area contributed by atoms with Crippen molar-refractivity contribution in [3.05, 3.63) is 65.0 Å². The van der Waals surface area contributed by atoms with Crippen LogP contribution in [-0.4, -0.2) is 22.6 Å². The van der Waals surface area contributed by atoms with Crippen LogP contribution in [0.3, 0.4) is 0 Å². The van der Waals surface area contributed by atoms with Crippen molar-refractivity contribution in [1.29, 1.82) is 0 Å². The quantitative estimate of drug-likeness (QED) is 0.841. The summed E-state index contributed by atoms with van der Waals surface area (Å²) in [5, 5.41) is 11.5. The maximum absolute atomic E-state index is 12.0. The van der Waals surface area contributed by atoms with E-state index in [-0.39, 0.29) is 12.5 Å². The number of carbonyl (C=O) groups excluding carboxylic acids is 1. The zero-order valence-corrected chi connectivity index (χ0v) is 11.8. The lowest BCUT2D eigenvalue weighted by Crippen LogP contribution is -2.22. The number of hydrogen-bond acceptors (Lipinski definition) is 3. The minimum Gasteiger partial charge on any atom is -0.384 e. The lowest BCUT2D eigenvalue weighted by molar-refractivity contribution is 0.0950. The van der Waals surface area contributed by atoms with Crippen molar-refractivity contribution in [3.63, 3.8) is 0 Å². The van der Waals surface area contributed by atoms with Gasteiger partial charge in [0.15, 0.2) is 0 Å². The predicted molar refractivity (Wildman–Crippen MR) is 80.6 cm³/mol. The van der Waals surface area contributed by atoms with Crippen molar-refractivity contribution in [3.8, 4) is 11.8 Å². The standard InChI is InChI=1S/C17H16N2O2/c1-13-9-16(12-18-10-13)17(21)19-11-15-6-4-14(5-7-15)3-2-8-20/h4-7,9-10,12,20H,8,11H2,1H3,(H,19,21). The second kappa shape index (κ2) is 7.22. The molecule has 0 aliphatic carbocycles. The van der Waals surface area contributed by atoms with E-state index in [1.807, 2.05) is 31.2 Å². The number of benzene rings is 1. The van der Waals surface area contributed by atoms with Gasteiger partial charge in [-0.1, -0.05) is 24.0 Å². The summed E-state index contributed by atoms with van der Waals surface area (Å²) in [5.41, 5.74) is 3.33. The smallest absolute Gasteiger partial charge is 0.253 e. The van der Waals surface area contributed by atoms with E-state index >= 15 is 0 Å². The number of pyridine rings is 1. The molecule has 0 fully saturated rings. The predicted octanol–water partition coefficient (Wildman–Crippen LogP) is 1.66. The van der Waals surface area contributed by atoms with Crippen molar-refractivity contribution in [1.82, 2.24) is 10.3 Å². The molecule has 1 heterocycles. The molecule has 0 saturated carbocycles. The molecule has 4 nitrogen and oxygen atoms in total. The Labute approximate surface area is 123 Å². The fourth-order valence-electron chi connectivity index (χ4n) is 1.81. The normalized spacial score (nSPS) is 9.62. The maximum Gasteiger partial charge on any atom is 0.253 e. The molecule has 0 unspecified atom stereocenters. The van der Waals surface area contributed by atoms with Crippen LogP contribution in [-0.2, 0) is 6.54 Å². The van der Waals surface area contributed by atoms with Crippen molar-refractivity contribution >= 4 is 5.91 Å². The van der Waals surface area contributed by atoms with Gasteiger partial charge >= 0.3 is 0 Å². The van der Waals surface area contributed by atoms with E-state index in [4.69, 9.17) is 5.11 Å². The SMILES string of the molecule is Cc1cncc(C(=O)NCc2ccc(C#CCO)cc2)c1. The molecular weight excluding hydrogens is 264 g/mol. The molecule has 2 rings (SSSR count). The fraction of sp³-hybridized carbons (Fsp3) is 0.176. The van der Waals surface area contributed by atoms with Crippen LogP contribution < -0.4 is 5.32 Å².